The molecule has 2 aliphatic rings. The van der Waals surface area contributed by atoms with Crippen molar-refractivity contribution in [1.82, 2.24) is 5.32 Å². The Bertz CT molecular complexity index is 260. The molecular formula is C10H13N. The topological polar surface area (TPSA) is 12.0 Å². The summed E-state index contributed by atoms with van der Waals surface area (Å²) >= 11 is 0. The van der Waals surface area contributed by atoms with Crippen LogP contribution in [0.25, 0.3) is 0 Å². The van der Waals surface area contributed by atoms with Crippen LogP contribution in [0.1, 0.15) is 13.8 Å². The predicted octanol–water partition coefficient (Wildman–Crippen LogP) is 1.99. The lowest BCUT2D eigenvalue weighted by Gasteiger charge is -2.30. The van der Waals surface area contributed by atoms with E-state index in [-0.39, 0.29) is 5.54 Å². The van der Waals surface area contributed by atoms with E-state index in [4.69, 9.17) is 0 Å². The monoisotopic (exact) mass is 147 g/mol. The quantitative estimate of drug-likeness (QED) is 0.552. The zero-order chi connectivity index (χ0) is 7.90. The third-order valence-electron chi connectivity index (χ3n) is 2.53. The number of fused-ring (bicyclic) bond motifs is 1. The maximum Gasteiger partial charge on any atom is 0.0623 e. The molecule has 0 aromatic rings. The van der Waals surface area contributed by atoms with Crippen molar-refractivity contribution >= 4 is 0 Å². The third kappa shape index (κ3) is 0.917. The molecule has 1 N–H and O–H groups in total. The molecule has 0 fully saturated rings. The summed E-state index contributed by atoms with van der Waals surface area (Å²) in [6, 6.07) is 0. The lowest BCUT2D eigenvalue weighted by atomic mass is 9.83. The molecule has 1 aliphatic carbocycles. The first-order valence-corrected chi connectivity index (χ1v) is 4.03. The minimum atomic E-state index is 0.152. The molecule has 1 heterocycles. The minimum absolute atomic E-state index is 0.152. The molecule has 0 bridgehead atoms. The van der Waals surface area contributed by atoms with Crippen LogP contribution in [0.3, 0.4) is 0 Å². The Labute approximate surface area is 67.5 Å². The van der Waals surface area contributed by atoms with Gasteiger partial charge in [0.05, 0.1) is 5.54 Å². The highest BCUT2D eigenvalue weighted by Crippen LogP contribution is 2.31. The van der Waals surface area contributed by atoms with Crippen LogP contribution in [0.15, 0.2) is 36.1 Å². The van der Waals surface area contributed by atoms with E-state index in [1.807, 2.05) is 6.20 Å². The summed E-state index contributed by atoms with van der Waals surface area (Å²) in [5, 5.41) is 3.34. The molecule has 1 heteroatoms. The molecule has 0 radical (unpaired) electrons. The third-order valence-corrected chi connectivity index (χ3v) is 2.53. The number of allylic oxidation sites excluding steroid dienone is 2. The fourth-order valence-electron chi connectivity index (χ4n) is 1.66. The van der Waals surface area contributed by atoms with Gasteiger partial charge < -0.3 is 5.32 Å². The summed E-state index contributed by atoms with van der Waals surface area (Å²) in [6.07, 6.45) is 11.0. The lowest BCUT2D eigenvalue weighted by Crippen LogP contribution is -2.39. The molecule has 58 valence electrons. The van der Waals surface area contributed by atoms with E-state index in [0.717, 1.165) is 0 Å². The van der Waals surface area contributed by atoms with E-state index in [1.54, 1.807) is 0 Å². The highest BCUT2D eigenvalue weighted by atomic mass is 15.0. The van der Waals surface area contributed by atoms with E-state index in [1.165, 1.54) is 5.57 Å². The standard InChI is InChI=1S/C10H13N/c1-8-3-5-10(2)9(7-8)4-6-11-10/h3-7,9,11H,1-2H3. The number of hydrogen-bond acceptors (Lipinski definition) is 1. The Morgan fingerprint density at radius 1 is 1.55 bits per heavy atom. The van der Waals surface area contributed by atoms with Crippen LogP contribution in [0.4, 0.5) is 0 Å². The van der Waals surface area contributed by atoms with Crippen LogP contribution in [0.5, 0.6) is 0 Å². The van der Waals surface area contributed by atoms with Crippen molar-refractivity contribution in [2.24, 2.45) is 5.92 Å². The van der Waals surface area contributed by atoms with Crippen molar-refractivity contribution in [3.8, 4) is 0 Å². The fourth-order valence-corrected chi connectivity index (χ4v) is 1.66. The van der Waals surface area contributed by atoms with Crippen LogP contribution < -0.4 is 5.32 Å². The number of nitrogens with one attached hydrogen (secondary N) is 1. The van der Waals surface area contributed by atoms with Gasteiger partial charge in [0, 0.05) is 5.92 Å². The van der Waals surface area contributed by atoms with Gasteiger partial charge in [0.15, 0.2) is 0 Å². The van der Waals surface area contributed by atoms with Gasteiger partial charge in [-0.25, -0.2) is 0 Å². The summed E-state index contributed by atoms with van der Waals surface area (Å²) in [7, 11) is 0. The van der Waals surface area contributed by atoms with Gasteiger partial charge in [0.1, 0.15) is 0 Å². The first kappa shape index (κ1) is 6.71. The SMILES string of the molecule is CC1=CC2C=CNC2(C)C=C1. The second-order valence-corrected chi connectivity index (χ2v) is 3.56. The zero-order valence-corrected chi connectivity index (χ0v) is 6.96. The van der Waals surface area contributed by atoms with Gasteiger partial charge in [-0.05, 0) is 20.0 Å². The largest absolute Gasteiger partial charge is 0.382 e. The van der Waals surface area contributed by atoms with Crippen molar-refractivity contribution in [2.75, 3.05) is 0 Å². The van der Waals surface area contributed by atoms with Gasteiger partial charge in [0.2, 0.25) is 0 Å². The van der Waals surface area contributed by atoms with E-state index >= 15 is 0 Å². The Hall–Kier alpha value is -0.980. The van der Waals surface area contributed by atoms with Crippen LogP contribution in [0, 0.1) is 5.92 Å². The second-order valence-electron chi connectivity index (χ2n) is 3.56. The molecule has 2 unspecified atom stereocenters. The Balaban J connectivity index is 2.36. The predicted molar refractivity (Wildman–Crippen MR) is 47.1 cm³/mol. The highest BCUT2D eigenvalue weighted by Gasteiger charge is 2.32. The van der Waals surface area contributed by atoms with Gasteiger partial charge in [-0.2, -0.15) is 0 Å². The van der Waals surface area contributed by atoms with Crippen molar-refractivity contribution in [1.29, 1.82) is 0 Å². The average Bonchev–Trinajstić information content (AvgIpc) is 2.31. The Morgan fingerprint density at radius 3 is 3.18 bits per heavy atom. The maximum atomic E-state index is 3.34. The summed E-state index contributed by atoms with van der Waals surface area (Å²) in [5.41, 5.74) is 1.51. The van der Waals surface area contributed by atoms with E-state index < -0.39 is 0 Å². The molecule has 2 atom stereocenters. The second kappa shape index (κ2) is 2.00. The summed E-state index contributed by atoms with van der Waals surface area (Å²) in [5.74, 6) is 0.549. The van der Waals surface area contributed by atoms with E-state index in [9.17, 15) is 0 Å². The van der Waals surface area contributed by atoms with Crippen LogP contribution in [-0.4, -0.2) is 5.54 Å². The molecule has 0 amide bonds. The van der Waals surface area contributed by atoms with Gasteiger partial charge in [-0.15, -0.1) is 0 Å². The van der Waals surface area contributed by atoms with Crippen LogP contribution in [0.2, 0.25) is 0 Å². The first-order chi connectivity index (χ1) is 5.21. The maximum absolute atomic E-state index is 3.34. The van der Waals surface area contributed by atoms with Crippen molar-refractivity contribution in [2.45, 2.75) is 19.4 Å². The molecule has 11 heavy (non-hydrogen) atoms. The molecule has 0 saturated heterocycles. The number of rotatable bonds is 0. The first-order valence-electron chi connectivity index (χ1n) is 4.03. The lowest BCUT2D eigenvalue weighted by molar-refractivity contribution is 0.457. The molecule has 0 aromatic carbocycles. The summed E-state index contributed by atoms with van der Waals surface area (Å²) < 4.78 is 0. The normalized spacial score (nSPS) is 39.8. The van der Waals surface area contributed by atoms with Crippen LogP contribution in [-0.2, 0) is 0 Å². The van der Waals surface area contributed by atoms with Crippen molar-refractivity contribution in [3.05, 3.63) is 36.1 Å². The smallest absolute Gasteiger partial charge is 0.0623 e. The van der Waals surface area contributed by atoms with E-state index in [0.29, 0.717) is 5.92 Å². The zero-order valence-electron chi connectivity index (χ0n) is 6.96. The molecule has 1 aliphatic heterocycles. The van der Waals surface area contributed by atoms with Crippen molar-refractivity contribution in [3.63, 3.8) is 0 Å². The molecule has 1 nitrogen and oxygen atoms in total. The molecular weight excluding hydrogens is 134 g/mol. The minimum Gasteiger partial charge on any atom is -0.382 e. The molecule has 0 aromatic heterocycles. The summed E-state index contributed by atoms with van der Waals surface area (Å²) in [4.78, 5) is 0. The molecule has 0 saturated carbocycles. The van der Waals surface area contributed by atoms with Gasteiger partial charge in [-0.3, -0.25) is 0 Å². The Morgan fingerprint density at radius 2 is 2.36 bits per heavy atom. The summed E-state index contributed by atoms with van der Waals surface area (Å²) in [6.45, 7) is 4.36. The fraction of sp³-hybridized carbons (Fsp3) is 0.400. The Kier molecular flexibility index (Phi) is 1.22. The molecule has 2 rings (SSSR count). The number of hydrogen-bond donors (Lipinski definition) is 1. The molecule has 0 spiro atoms. The highest BCUT2D eigenvalue weighted by molar-refractivity contribution is 5.35. The average molecular weight is 147 g/mol. The van der Waals surface area contributed by atoms with Crippen molar-refractivity contribution < 1.29 is 0 Å². The van der Waals surface area contributed by atoms with Gasteiger partial charge >= 0.3 is 0 Å². The van der Waals surface area contributed by atoms with E-state index in [2.05, 4.69) is 43.5 Å². The van der Waals surface area contributed by atoms with Gasteiger partial charge in [0.25, 0.3) is 0 Å². The van der Waals surface area contributed by atoms with Gasteiger partial charge in [-0.1, -0.05) is 29.9 Å². The van der Waals surface area contributed by atoms with Crippen LogP contribution >= 0.6 is 0 Å².